The zero-order valence-electron chi connectivity index (χ0n) is 12.9. The molecule has 0 aliphatic rings. The molecule has 3 rings (SSSR count). The van der Waals surface area contributed by atoms with Crippen LogP contribution in [0.15, 0.2) is 57.7 Å². The number of phenols is 1. The molecule has 0 atom stereocenters. The molecule has 0 bridgehead atoms. The molecule has 1 aromatic heterocycles. The largest absolute Gasteiger partial charge is 0.508 e. The molecular formula is C18H15NO5. The van der Waals surface area contributed by atoms with Crippen LogP contribution in [0.2, 0.25) is 0 Å². The molecule has 0 aliphatic carbocycles. The number of rotatable bonds is 4. The second kappa shape index (κ2) is 6.45. The lowest BCUT2D eigenvalue weighted by molar-refractivity contribution is 0.0601. The van der Waals surface area contributed by atoms with Crippen LogP contribution in [-0.2, 0) is 11.3 Å². The van der Waals surface area contributed by atoms with E-state index in [4.69, 9.17) is 4.42 Å². The first-order valence-electron chi connectivity index (χ1n) is 7.25. The number of anilines is 1. The van der Waals surface area contributed by atoms with Gasteiger partial charge in [-0.25, -0.2) is 9.59 Å². The third kappa shape index (κ3) is 3.22. The average molecular weight is 325 g/mol. The number of methoxy groups -OCH3 is 1. The lowest BCUT2D eigenvalue weighted by Crippen LogP contribution is -2.06. The van der Waals surface area contributed by atoms with Gasteiger partial charge in [0, 0.05) is 29.8 Å². The molecule has 24 heavy (non-hydrogen) atoms. The predicted molar refractivity (Wildman–Crippen MR) is 89.3 cm³/mol. The molecule has 3 aromatic rings. The van der Waals surface area contributed by atoms with Gasteiger partial charge >= 0.3 is 11.6 Å². The number of hydrogen-bond donors (Lipinski definition) is 2. The molecule has 1 heterocycles. The number of hydrogen-bond acceptors (Lipinski definition) is 6. The van der Waals surface area contributed by atoms with E-state index < -0.39 is 11.6 Å². The van der Waals surface area contributed by atoms with Crippen molar-refractivity contribution in [1.29, 1.82) is 0 Å². The van der Waals surface area contributed by atoms with Gasteiger partial charge in [0.1, 0.15) is 11.3 Å². The van der Waals surface area contributed by atoms with Crippen LogP contribution in [0.4, 0.5) is 5.69 Å². The molecule has 0 saturated heterocycles. The molecule has 0 saturated carbocycles. The number of carbonyl (C=O) groups excluding carboxylic acids is 1. The number of aromatic hydroxyl groups is 1. The molecule has 0 spiro atoms. The van der Waals surface area contributed by atoms with Gasteiger partial charge < -0.3 is 19.6 Å². The van der Waals surface area contributed by atoms with Gasteiger partial charge in [-0.15, -0.1) is 0 Å². The fourth-order valence-electron chi connectivity index (χ4n) is 2.40. The summed E-state index contributed by atoms with van der Waals surface area (Å²) in [5.74, 6) is -0.359. The Labute approximate surface area is 137 Å². The van der Waals surface area contributed by atoms with E-state index in [1.165, 1.54) is 25.3 Å². The minimum absolute atomic E-state index is 0.0363. The lowest BCUT2D eigenvalue weighted by Gasteiger charge is -2.09. The molecular weight excluding hydrogens is 310 g/mol. The van der Waals surface area contributed by atoms with E-state index in [-0.39, 0.29) is 5.75 Å². The summed E-state index contributed by atoms with van der Waals surface area (Å²) in [6.07, 6.45) is 0. The van der Waals surface area contributed by atoms with Crippen molar-refractivity contribution in [2.24, 2.45) is 0 Å². The van der Waals surface area contributed by atoms with Crippen LogP contribution in [0, 0.1) is 0 Å². The van der Waals surface area contributed by atoms with Crippen molar-refractivity contribution in [3.8, 4) is 5.75 Å². The number of esters is 1. The molecule has 122 valence electrons. The van der Waals surface area contributed by atoms with E-state index in [2.05, 4.69) is 10.1 Å². The zero-order valence-corrected chi connectivity index (χ0v) is 12.9. The maximum absolute atomic E-state index is 11.7. The molecule has 6 heteroatoms. The highest BCUT2D eigenvalue weighted by Gasteiger charge is 2.07. The van der Waals surface area contributed by atoms with Crippen LogP contribution in [0.5, 0.6) is 5.75 Å². The summed E-state index contributed by atoms with van der Waals surface area (Å²) in [5, 5.41) is 13.4. The maximum atomic E-state index is 11.7. The first-order valence-corrected chi connectivity index (χ1v) is 7.25. The summed E-state index contributed by atoms with van der Waals surface area (Å²) >= 11 is 0. The normalized spacial score (nSPS) is 10.5. The van der Waals surface area contributed by atoms with Gasteiger partial charge in [-0.1, -0.05) is 0 Å². The summed E-state index contributed by atoms with van der Waals surface area (Å²) in [7, 11) is 1.33. The Kier molecular flexibility index (Phi) is 4.20. The van der Waals surface area contributed by atoms with E-state index in [1.807, 2.05) is 0 Å². The first kappa shape index (κ1) is 15.6. The Morgan fingerprint density at radius 2 is 1.92 bits per heavy atom. The van der Waals surface area contributed by atoms with Crippen molar-refractivity contribution in [3.63, 3.8) is 0 Å². The quantitative estimate of drug-likeness (QED) is 0.566. The highest BCUT2D eigenvalue weighted by Crippen LogP contribution is 2.22. The summed E-state index contributed by atoms with van der Waals surface area (Å²) in [5.41, 5.74) is 1.86. The van der Waals surface area contributed by atoms with Gasteiger partial charge in [0.2, 0.25) is 0 Å². The van der Waals surface area contributed by atoms with E-state index >= 15 is 0 Å². The average Bonchev–Trinajstić information content (AvgIpc) is 2.59. The SMILES string of the molecule is COC(=O)c1ccc(NCc2cc(=O)oc3cc(O)ccc23)cc1. The number of benzene rings is 2. The number of ether oxygens (including phenoxy) is 1. The Balaban J connectivity index is 1.83. The van der Waals surface area contributed by atoms with E-state index in [0.29, 0.717) is 17.7 Å². The highest BCUT2D eigenvalue weighted by atomic mass is 16.5. The van der Waals surface area contributed by atoms with E-state index in [1.54, 1.807) is 30.3 Å². The predicted octanol–water partition coefficient (Wildman–Crippen LogP) is 2.90. The van der Waals surface area contributed by atoms with Crippen LogP contribution >= 0.6 is 0 Å². The molecule has 0 aliphatic heterocycles. The van der Waals surface area contributed by atoms with Crippen LogP contribution in [0.3, 0.4) is 0 Å². The number of carbonyl (C=O) groups is 1. The van der Waals surface area contributed by atoms with Crippen molar-refractivity contribution in [3.05, 3.63) is 70.1 Å². The Morgan fingerprint density at radius 1 is 1.17 bits per heavy atom. The number of phenolic OH excluding ortho intramolecular Hbond substituents is 1. The molecule has 2 aromatic carbocycles. The van der Waals surface area contributed by atoms with Gasteiger partial charge in [-0.05, 0) is 42.0 Å². The lowest BCUT2D eigenvalue weighted by atomic mass is 10.1. The van der Waals surface area contributed by atoms with Crippen molar-refractivity contribution >= 4 is 22.6 Å². The van der Waals surface area contributed by atoms with Crippen molar-refractivity contribution in [1.82, 2.24) is 0 Å². The Bertz CT molecular complexity index is 944. The van der Waals surface area contributed by atoms with E-state index in [9.17, 15) is 14.7 Å². The number of fused-ring (bicyclic) bond motifs is 1. The van der Waals surface area contributed by atoms with Crippen LogP contribution in [0.1, 0.15) is 15.9 Å². The van der Waals surface area contributed by atoms with Gasteiger partial charge in [0.25, 0.3) is 0 Å². The van der Waals surface area contributed by atoms with Crippen molar-refractivity contribution in [2.75, 3.05) is 12.4 Å². The van der Waals surface area contributed by atoms with Crippen molar-refractivity contribution in [2.45, 2.75) is 6.54 Å². The second-order valence-corrected chi connectivity index (χ2v) is 5.19. The molecule has 0 amide bonds. The summed E-state index contributed by atoms with van der Waals surface area (Å²) in [4.78, 5) is 23.1. The van der Waals surface area contributed by atoms with Crippen molar-refractivity contribution < 1.29 is 19.1 Å². The monoisotopic (exact) mass is 325 g/mol. The second-order valence-electron chi connectivity index (χ2n) is 5.19. The Hall–Kier alpha value is -3.28. The molecule has 0 unspecified atom stereocenters. The van der Waals surface area contributed by atoms with E-state index in [0.717, 1.165) is 16.6 Å². The van der Waals surface area contributed by atoms with Crippen LogP contribution in [0.25, 0.3) is 11.0 Å². The first-order chi connectivity index (χ1) is 11.6. The van der Waals surface area contributed by atoms with Crippen LogP contribution in [-0.4, -0.2) is 18.2 Å². The van der Waals surface area contributed by atoms with Gasteiger partial charge in [-0.3, -0.25) is 0 Å². The van der Waals surface area contributed by atoms with Gasteiger partial charge in [-0.2, -0.15) is 0 Å². The molecule has 0 fully saturated rings. The third-order valence-electron chi connectivity index (χ3n) is 3.60. The molecule has 2 N–H and O–H groups in total. The molecule has 6 nitrogen and oxygen atoms in total. The smallest absolute Gasteiger partial charge is 0.337 e. The zero-order chi connectivity index (χ0) is 17.1. The maximum Gasteiger partial charge on any atom is 0.337 e. The number of nitrogens with one attached hydrogen (secondary N) is 1. The van der Waals surface area contributed by atoms with Gasteiger partial charge in [0.15, 0.2) is 0 Å². The fraction of sp³-hybridized carbons (Fsp3) is 0.111. The summed E-state index contributed by atoms with van der Waals surface area (Å²) in [6.45, 7) is 0.393. The fourth-order valence-corrected chi connectivity index (χ4v) is 2.40. The third-order valence-corrected chi connectivity index (χ3v) is 3.60. The topological polar surface area (TPSA) is 88.8 Å². The molecule has 0 radical (unpaired) electrons. The standard InChI is InChI=1S/C18H15NO5/c1-23-18(22)11-2-4-13(5-3-11)19-10-12-8-17(21)24-16-9-14(20)6-7-15(12)16/h2-9,19-20H,10H2,1H3. The summed E-state index contributed by atoms with van der Waals surface area (Å²) in [6, 6.07) is 12.9. The van der Waals surface area contributed by atoms with Gasteiger partial charge in [0.05, 0.1) is 12.7 Å². The Morgan fingerprint density at radius 3 is 2.62 bits per heavy atom. The van der Waals surface area contributed by atoms with Crippen LogP contribution < -0.4 is 10.9 Å². The minimum atomic E-state index is -0.481. The minimum Gasteiger partial charge on any atom is -0.508 e. The summed E-state index contributed by atoms with van der Waals surface area (Å²) < 4.78 is 9.75. The highest BCUT2D eigenvalue weighted by molar-refractivity contribution is 5.89.